The van der Waals surface area contributed by atoms with Crippen molar-refractivity contribution in [1.29, 1.82) is 0 Å². The molecule has 2 fully saturated rings. The largest absolute Gasteiger partial charge is 0.366 e. The molecule has 3 heterocycles. The zero-order chi connectivity index (χ0) is 20.1. The summed E-state index contributed by atoms with van der Waals surface area (Å²) in [7, 11) is 0. The fourth-order valence-corrected chi connectivity index (χ4v) is 5.76. The zero-order valence-electron chi connectivity index (χ0n) is 16.7. The van der Waals surface area contributed by atoms with Crippen LogP contribution in [0.25, 0.3) is 0 Å². The van der Waals surface area contributed by atoms with Gasteiger partial charge in [0.05, 0.1) is 25.6 Å². The van der Waals surface area contributed by atoms with Gasteiger partial charge in [0, 0.05) is 17.2 Å². The molecule has 4 aliphatic rings. The van der Waals surface area contributed by atoms with Gasteiger partial charge in [0.25, 0.3) is 0 Å². The molecule has 1 saturated carbocycles. The molecule has 1 spiro atoms. The summed E-state index contributed by atoms with van der Waals surface area (Å²) in [6.07, 6.45) is 10.8. The lowest BCUT2D eigenvalue weighted by atomic mass is 9.87. The molecule has 8 nitrogen and oxygen atoms in total. The van der Waals surface area contributed by atoms with Gasteiger partial charge in [-0.05, 0) is 38.0 Å². The fraction of sp³-hybridized carbons (Fsp3) is 0.476. The molecule has 1 amide bonds. The van der Waals surface area contributed by atoms with Crippen LogP contribution in [-0.4, -0.2) is 48.0 Å². The number of aliphatic imine (C=N–C) groups is 1. The highest BCUT2D eigenvalue weighted by Gasteiger charge is 2.66. The van der Waals surface area contributed by atoms with E-state index in [4.69, 9.17) is 5.73 Å². The molecule has 2 unspecified atom stereocenters. The van der Waals surface area contributed by atoms with Crippen molar-refractivity contribution in [2.45, 2.75) is 44.4 Å². The van der Waals surface area contributed by atoms with E-state index in [-0.39, 0.29) is 0 Å². The minimum absolute atomic E-state index is 0.370. The molecule has 0 bridgehead atoms. The van der Waals surface area contributed by atoms with Crippen LogP contribution >= 0.6 is 0 Å². The van der Waals surface area contributed by atoms with E-state index >= 15 is 0 Å². The van der Waals surface area contributed by atoms with Crippen molar-refractivity contribution >= 4 is 24.3 Å². The lowest BCUT2D eigenvalue weighted by Crippen LogP contribution is -2.83. The van der Waals surface area contributed by atoms with E-state index in [1.54, 1.807) is 12.4 Å². The van der Waals surface area contributed by atoms with Gasteiger partial charge in [0.1, 0.15) is 11.7 Å². The van der Waals surface area contributed by atoms with Gasteiger partial charge in [-0.15, -0.1) is 5.10 Å². The first-order valence-corrected chi connectivity index (χ1v) is 10.5. The van der Waals surface area contributed by atoms with Gasteiger partial charge in [-0.3, -0.25) is 10.1 Å². The molecule has 1 saturated heterocycles. The third-order valence-corrected chi connectivity index (χ3v) is 7.19. The van der Waals surface area contributed by atoms with Crippen molar-refractivity contribution in [3.63, 3.8) is 0 Å². The number of benzene rings is 1. The predicted octanol–water partition coefficient (Wildman–Crippen LogP) is 1.67. The Morgan fingerprint density at radius 1 is 1.38 bits per heavy atom. The van der Waals surface area contributed by atoms with E-state index in [1.807, 2.05) is 24.4 Å². The van der Waals surface area contributed by atoms with Gasteiger partial charge < -0.3 is 10.6 Å². The molecule has 29 heavy (non-hydrogen) atoms. The minimum atomic E-state index is -0.593. The number of carbonyl (C=O) groups excluding carboxylic acids is 1. The van der Waals surface area contributed by atoms with Gasteiger partial charge in [-0.1, -0.05) is 18.9 Å². The van der Waals surface area contributed by atoms with Crippen LogP contribution in [0.2, 0.25) is 0 Å². The van der Waals surface area contributed by atoms with Gasteiger partial charge >= 0.3 is 5.79 Å². The van der Waals surface area contributed by atoms with E-state index in [2.05, 4.69) is 39.0 Å². The number of amides is 1. The molecule has 1 aromatic carbocycles. The Hall–Kier alpha value is -2.87. The van der Waals surface area contributed by atoms with E-state index < -0.39 is 11.7 Å². The number of nitrogens with one attached hydrogen (secondary N) is 2. The summed E-state index contributed by atoms with van der Waals surface area (Å²) in [5, 5.41) is 8.09. The first-order chi connectivity index (χ1) is 14.1. The van der Waals surface area contributed by atoms with Crippen LogP contribution < -0.4 is 21.4 Å². The lowest BCUT2D eigenvalue weighted by Gasteiger charge is -2.58. The van der Waals surface area contributed by atoms with Crippen molar-refractivity contribution in [3.05, 3.63) is 41.7 Å². The number of likely N-dealkylation sites (N-methyl/N-ethyl adjacent to an activating group) is 1. The van der Waals surface area contributed by atoms with Crippen LogP contribution in [0.1, 0.15) is 43.0 Å². The molecule has 1 aromatic rings. The quantitative estimate of drug-likeness (QED) is 0.677. The summed E-state index contributed by atoms with van der Waals surface area (Å²) in [6, 6.07) is 7.93. The Labute approximate surface area is 170 Å². The van der Waals surface area contributed by atoms with Gasteiger partial charge in [0.15, 0.2) is 0 Å². The van der Waals surface area contributed by atoms with Crippen LogP contribution in [0.5, 0.6) is 0 Å². The Morgan fingerprint density at radius 2 is 2.21 bits per heavy atom. The molecule has 3 aliphatic heterocycles. The molecule has 8 heteroatoms. The highest BCUT2D eigenvalue weighted by atomic mass is 16.1. The van der Waals surface area contributed by atoms with Crippen LogP contribution in [0.15, 0.2) is 46.3 Å². The Balaban J connectivity index is 1.65. The molecule has 1 aliphatic carbocycles. The molecule has 3 atom stereocenters. The minimum Gasteiger partial charge on any atom is -0.366 e. The fourth-order valence-electron chi connectivity index (χ4n) is 5.76. The van der Waals surface area contributed by atoms with Crippen molar-refractivity contribution < 1.29 is 9.28 Å². The number of hydrazone groups is 1. The Morgan fingerprint density at radius 3 is 2.97 bits per heavy atom. The number of hydrogen-bond donors (Lipinski definition) is 3. The van der Waals surface area contributed by atoms with E-state index in [1.165, 1.54) is 25.7 Å². The zero-order valence-corrected chi connectivity index (χ0v) is 16.7. The maximum Gasteiger partial charge on any atom is 0.317 e. The number of nitrogens with two attached hydrogens (primary N) is 1. The molecule has 4 N–H and O–H groups in total. The summed E-state index contributed by atoms with van der Waals surface area (Å²) >= 11 is 0. The second-order valence-corrected chi connectivity index (χ2v) is 8.39. The van der Waals surface area contributed by atoms with Crippen LogP contribution in [0.4, 0.5) is 5.69 Å². The smallest absolute Gasteiger partial charge is 0.317 e. The van der Waals surface area contributed by atoms with Crippen molar-refractivity contribution in [1.82, 2.24) is 10.7 Å². The SMILES string of the molecule is CC[N@@+]12C=NNC13NC=NC=C3N(c1cccc(C(N)=O)c1)CC2C1CCCC1. The van der Waals surface area contributed by atoms with Gasteiger partial charge in [-0.2, -0.15) is 0 Å². The van der Waals surface area contributed by atoms with Crippen LogP contribution in [0, 0.1) is 5.92 Å². The second kappa shape index (κ2) is 6.59. The normalized spacial score (nSPS) is 32.9. The van der Waals surface area contributed by atoms with Gasteiger partial charge in [0.2, 0.25) is 12.2 Å². The third-order valence-electron chi connectivity index (χ3n) is 7.19. The number of quaternary nitrogens is 1. The van der Waals surface area contributed by atoms with E-state index in [0.717, 1.165) is 29.0 Å². The molecule has 152 valence electrons. The highest BCUT2D eigenvalue weighted by Crippen LogP contribution is 2.46. The first-order valence-electron chi connectivity index (χ1n) is 10.5. The second-order valence-electron chi connectivity index (χ2n) is 8.39. The van der Waals surface area contributed by atoms with Crippen LogP contribution in [-0.2, 0) is 0 Å². The summed E-state index contributed by atoms with van der Waals surface area (Å²) < 4.78 is 0.724. The molecular formula is C21H28N7O+. The predicted molar refractivity (Wildman–Crippen MR) is 113 cm³/mol. The van der Waals surface area contributed by atoms with Crippen molar-refractivity contribution in [2.75, 3.05) is 18.0 Å². The first kappa shape index (κ1) is 18.2. The molecular weight excluding hydrogens is 366 g/mol. The highest BCUT2D eigenvalue weighted by molar-refractivity contribution is 5.93. The van der Waals surface area contributed by atoms with E-state index in [0.29, 0.717) is 17.5 Å². The number of carbonyl (C=O) groups is 1. The Bertz CT molecular complexity index is 919. The van der Waals surface area contributed by atoms with Crippen molar-refractivity contribution in [2.24, 2.45) is 21.7 Å². The number of primary amides is 1. The Kier molecular flexibility index (Phi) is 4.13. The van der Waals surface area contributed by atoms with Crippen LogP contribution in [0.3, 0.4) is 0 Å². The van der Waals surface area contributed by atoms with Crippen molar-refractivity contribution in [3.8, 4) is 0 Å². The lowest BCUT2D eigenvalue weighted by molar-refractivity contribution is -0.912. The maximum absolute atomic E-state index is 11.8. The van der Waals surface area contributed by atoms with Gasteiger partial charge in [-0.25, -0.2) is 14.9 Å². The number of piperazine rings is 1. The average Bonchev–Trinajstić information content (AvgIpc) is 3.40. The topological polar surface area (TPSA) is 95.1 Å². The third kappa shape index (κ3) is 2.45. The summed E-state index contributed by atoms with van der Waals surface area (Å²) in [4.78, 5) is 18.5. The molecule has 5 rings (SSSR count). The number of nitrogens with zero attached hydrogens (tertiary/aromatic N) is 4. The summed E-state index contributed by atoms with van der Waals surface area (Å²) in [5.74, 6) is -0.381. The average molecular weight is 395 g/mol. The number of anilines is 1. The number of hydrogen-bond acceptors (Lipinski definition) is 6. The molecule has 0 aromatic heterocycles. The monoisotopic (exact) mass is 394 g/mol. The maximum atomic E-state index is 11.8. The van der Waals surface area contributed by atoms with E-state index in [9.17, 15) is 4.79 Å². The molecule has 0 radical (unpaired) electrons. The summed E-state index contributed by atoms with van der Waals surface area (Å²) in [6.45, 7) is 4.00. The summed E-state index contributed by atoms with van der Waals surface area (Å²) in [5.41, 5.74) is 11.4. The number of rotatable bonds is 4. The standard InChI is InChI=1S/C21H27N7O/c1-2-28-14-25-26-21(28)19(11-23-13-24-21)27(12-18(28)15-6-3-4-7-15)17-9-5-8-16(10-17)20(22)29/h5,8-11,13-15,18,26H,2-4,6-7,12H2,1H3,(H2-,22,23,24,29)/p+1/t18?,21?,28-/m0/s1.